The molecule has 0 radical (unpaired) electrons. The maximum Gasteiger partial charge on any atom is 0.231 e. The van der Waals surface area contributed by atoms with Crippen molar-refractivity contribution < 1.29 is 19.3 Å². The van der Waals surface area contributed by atoms with E-state index < -0.39 is 0 Å². The van der Waals surface area contributed by atoms with Crippen LogP contribution < -0.4 is 19.9 Å². The molecule has 170 valence electrons. The highest BCUT2D eigenvalue weighted by molar-refractivity contribution is 5.62. The molecule has 0 bridgehead atoms. The summed E-state index contributed by atoms with van der Waals surface area (Å²) >= 11 is 0. The predicted octanol–water partition coefficient (Wildman–Crippen LogP) is 5.39. The molecule has 3 aromatic carbocycles. The van der Waals surface area contributed by atoms with Crippen LogP contribution in [0.3, 0.4) is 0 Å². The highest BCUT2D eigenvalue weighted by atomic mass is 16.7. The van der Waals surface area contributed by atoms with Crippen LogP contribution in [0.1, 0.15) is 58.2 Å². The van der Waals surface area contributed by atoms with Crippen LogP contribution in [-0.4, -0.2) is 11.9 Å². The minimum Gasteiger partial charge on any atom is -0.489 e. The number of nitrogens with two attached hydrogens (primary N) is 1. The highest BCUT2D eigenvalue weighted by Gasteiger charge is 2.26. The van der Waals surface area contributed by atoms with Crippen molar-refractivity contribution in [3.05, 3.63) is 94.1 Å². The molecule has 5 rings (SSSR count). The van der Waals surface area contributed by atoms with Gasteiger partial charge >= 0.3 is 0 Å². The quantitative estimate of drug-likeness (QED) is 0.535. The standard InChI is InChI=1S/C28H29NO4/c1-18-11-27-28(33-17-32-27)13-21(18)8-7-20-9-10-25(29)24-14-26(22(15-30)12-23(20)24)31-16-19-5-3-2-4-6-19/h2-8,11-14,20,25,30H,9-10,15-17,29H2,1H3/b8-7+. The van der Waals surface area contributed by atoms with Gasteiger partial charge in [-0.2, -0.15) is 0 Å². The Bertz CT molecular complexity index is 1170. The lowest BCUT2D eigenvalue weighted by atomic mass is 9.79. The van der Waals surface area contributed by atoms with E-state index in [9.17, 15) is 5.11 Å². The summed E-state index contributed by atoms with van der Waals surface area (Å²) in [4.78, 5) is 0. The van der Waals surface area contributed by atoms with Crippen LogP contribution in [0, 0.1) is 6.92 Å². The fraction of sp³-hybridized carbons (Fsp3) is 0.286. The van der Waals surface area contributed by atoms with E-state index in [1.807, 2.05) is 48.5 Å². The smallest absolute Gasteiger partial charge is 0.231 e. The van der Waals surface area contributed by atoms with Gasteiger partial charge in [-0.15, -0.1) is 0 Å². The van der Waals surface area contributed by atoms with Crippen molar-refractivity contribution in [2.75, 3.05) is 6.79 Å². The van der Waals surface area contributed by atoms with Gasteiger partial charge in [0.2, 0.25) is 6.79 Å². The van der Waals surface area contributed by atoms with E-state index in [0.717, 1.165) is 52.2 Å². The number of aliphatic hydroxyl groups excluding tert-OH is 1. The van der Waals surface area contributed by atoms with Gasteiger partial charge in [-0.25, -0.2) is 0 Å². The summed E-state index contributed by atoms with van der Waals surface area (Å²) in [6, 6.07) is 18.1. The average Bonchev–Trinajstić information content (AvgIpc) is 3.29. The Morgan fingerprint density at radius 2 is 1.82 bits per heavy atom. The third kappa shape index (κ3) is 4.47. The molecular formula is C28H29NO4. The Balaban J connectivity index is 1.42. The molecule has 5 nitrogen and oxygen atoms in total. The first-order valence-corrected chi connectivity index (χ1v) is 11.4. The van der Waals surface area contributed by atoms with Crippen LogP contribution in [0.2, 0.25) is 0 Å². The number of fused-ring (bicyclic) bond motifs is 2. The van der Waals surface area contributed by atoms with E-state index in [0.29, 0.717) is 12.4 Å². The van der Waals surface area contributed by atoms with E-state index in [1.54, 1.807) is 0 Å². The van der Waals surface area contributed by atoms with Crippen molar-refractivity contribution in [3.63, 3.8) is 0 Å². The van der Waals surface area contributed by atoms with Gasteiger partial charge in [-0.3, -0.25) is 0 Å². The van der Waals surface area contributed by atoms with Gasteiger partial charge in [-0.1, -0.05) is 42.5 Å². The van der Waals surface area contributed by atoms with Crippen LogP contribution in [0.15, 0.2) is 60.7 Å². The number of benzene rings is 3. The fourth-order valence-corrected chi connectivity index (χ4v) is 4.62. The number of ether oxygens (including phenoxy) is 3. The molecule has 33 heavy (non-hydrogen) atoms. The normalized spacial score (nSPS) is 19.0. The van der Waals surface area contributed by atoms with E-state index in [2.05, 4.69) is 25.1 Å². The summed E-state index contributed by atoms with van der Waals surface area (Å²) in [5.74, 6) is 2.51. The van der Waals surface area contributed by atoms with Gasteiger partial charge < -0.3 is 25.1 Å². The van der Waals surface area contributed by atoms with Gasteiger partial charge in [0.1, 0.15) is 12.4 Å². The predicted molar refractivity (Wildman–Crippen MR) is 128 cm³/mol. The summed E-state index contributed by atoms with van der Waals surface area (Å²) in [5.41, 5.74) is 12.9. The first-order chi connectivity index (χ1) is 16.1. The maximum absolute atomic E-state index is 10.0. The summed E-state index contributed by atoms with van der Waals surface area (Å²) in [5, 5.41) is 10.0. The Labute approximate surface area is 194 Å². The van der Waals surface area contributed by atoms with Crippen LogP contribution >= 0.6 is 0 Å². The van der Waals surface area contributed by atoms with Crippen molar-refractivity contribution in [1.29, 1.82) is 0 Å². The second-order valence-electron chi connectivity index (χ2n) is 8.73. The van der Waals surface area contributed by atoms with Gasteiger partial charge in [-0.05, 0) is 71.8 Å². The lowest BCUT2D eigenvalue weighted by Crippen LogP contribution is -2.20. The summed E-state index contributed by atoms with van der Waals surface area (Å²) in [7, 11) is 0. The number of allylic oxidation sites excluding steroid dienone is 1. The van der Waals surface area contributed by atoms with E-state index in [4.69, 9.17) is 19.9 Å². The summed E-state index contributed by atoms with van der Waals surface area (Å²) in [6.45, 7) is 2.72. The molecule has 2 atom stereocenters. The van der Waals surface area contributed by atoms with Crippen LogP contribution in [0.25, 0.3) is 6.08 Å². The molecule has 0 saturated carbocycles. The van der Waals surface area contributed by atoms with Crippen molar-refractivity contribution >= 4 is 6.08 Å². The molecule has 3 aromatic rings. The Morgan fingerprint density at radius 3 is 2.61 bits per heavy atom. The molecule has 1 aliphatic heterocycles. The minimum absolute atomic E-state index is 0.0382. The van der Waals surface area contributed by atoms with Gasteiger partial charge in [0, 0.05) is 17.5 Å². The third-order valence-corrected chi connectivity index (χ3v) is 6.53. The number of hydrogen-bond donors (Lipinski definition) is 2. The monoisotopic (exact) mass is 443 g/mol. The van der Waals surface area contributed by atoms with Crippen LogP contribution in [0.5, 0.6) is 17.2 Å². The molecule has 0 spiro atoms. The molecule has 0 amide bonds. The van der Waals surface area contributed by atoms with Gasteiger partial charge in [0.05, 0.1) is 6.61 Å². The maximum atomic E-state index is 10.0. The van der Waals surface area contributed by atoms with Crippen molar-refractivity contribution in [1.82, 2.24) is 0 Å². The van der Waals surface area contributed by atoms with Crippen LogP contribution in [0.4, 0.5) is 0 Å². The lowest BCUT2D eigenvalue weighted by molar-refractivity contribution is 0.174. The largest absolute Gasteiger partial charge is 0.489 e. The van der Waals surface area contributed by atoms with Gasteiger partial charge in [0.25, 0.3) is 0 Å². The zero-order valence-corrected chi connectivity index (χ0v) is 18.8. The topological polar surface area (TPSA) is 73.9 Å². The first-order valence-electron chi connectivity index (χ1n) is 11.4. The molecule has 5 heteroatoms. The third-order valence-electron chi connectivity index (χ3n) is 6.53. The molecule has 1 heterocycles. The Morgan fingerprint density at radius 1 is 1.03 bits per heavy atom. The molecule has 0 saturated heterocycles. The number of aryl methyl sites for hydroxylation is 1. The second-order valence-corrected chi connectivity index (χ2v) is 8.73. The molecule has 0 fully saturated rings. The summed E-state index contributed by atoms with van der Waals surface area (Å²) < 4.78 is 17.1. The van der Waals surface area contributed by atoms with Crippen molar-refractivity contribution in [2.24, 2.45) is 5.73 Å². The van der Waals surface area contributed by atoms with Crippen molar-refractivity contribution in [2.45, 2.75) is 44.9 Å². The molecule has 2 unspecified atom stereocenters. The zero-order chi connectivity index (χ0) is 22.8. The fourth-order valence-electron chi connectivity index (χ4n) is 4.62. The Kier molecular flexibility index (Phi) is 6.07. The average molecular weight is 444 g/mol. The number of hydrogen-bond acceptors (Lipinski definition) is 5. The minimum atomic E-state index is -0.0790. The van der Waals surface area contributed by atoms with E-state index >= 15 is 0 Å². The number of aliphatic hydroxyl groups is 1. The second kappa shape index (κ2) is 9.30. The van der Waals surface area contributed by atoms with E-state index in [1.165, 1.54) is 5.56 Å². The molecule has 0 aromatic heterocycles. The van der Waals surface area contributed by atoms with E-state index in [-0.39, 0.29) is 25.4 Å². The molecule has 3 N–H and O–H groups in total. The van der Waals surface area contributed by atoms with Crippen LogP contribution in [-0.2, 0) is 13.2 Å². The molecular weight excluding hydrogens is 414 g/mol. The molecule has 1 aliphatic carbocycles. The molecule has 2 aliphatic rings. The lowest BCUT2D eigenvalue weighted by Gasteiger charge is -2.29. The van der Waals surface area contributed by atoms with Gasteiger partial charge in [0.15, 0.2) is 11.5 Å². The van der Waals surface area contributed by atoms with Crippen molar-refractivity contribution in [3.8, 4) is 17.2 Å². The number of rotatable bonds is 6. The SMILES string of the molecule is Cc1cc2c(cc1/C=C/C1CCC(N)c3cc(OCc4ccccc4)c(CO)cc31)OCO2. The highest BCUT2D eigenvalue weighted by Crippen LogP contribution is 2.41. The Hall–Kier alpha value is -3.28. The zero-order valence-electron chi connectivity index (χ0n) is 18.8. The summed E-state index contributed by atoms with van der Waals surface area (Å²) in [6.07, 6.45) is 6.25. The first kappa shape index (κ1) is 21.6.